The molecule has 2 rings (SSSR count). The molecule has 2 aromatic heterocycles. The van der Waals surface area contributed by atoms with Crippen LogP contribution in [0, 0.1) is 0 Å². The lowest BCUT2D eigenvalue weighted by Gasteiger charge is -2.12. The fourth-order valence-electron chi connectivity index (χ4n) is 2.18. The van der Waals surface area contributed by atoms with Gasteiger partial charge in [0.1, 0.15) is 0 Å². The maximum Gasteiger partial charge on any atom is 0.213 e. The van der Waals surface area contributed by atoms with Crippen molar-refractivity contribution < 1.29 is 4.74 Å². The van der Waals surface area contributed by atoms with Crippen LogP contribution >= 0.6 is 0 Å². The third-order valence-corrected chi connectivity index (χ3v) is 3.44. The van der Waals surface area contributed by atoms with Crippen molar-refractivity contribution in [2.75, 3.05) is 7.11 Å². The number of pyridine rings is 2. The first kappa shape index (κ1) is 14.5. The summed E-state index contributed by atoms with van der Waals surface area (Å²) in [5, 5.41) is 0. The fraction of sp³-hybridized carbons (Fsp3) is 0.412. The van der Waals surface area contributed by atoms with E-state index in [-0.39, 0.29) is 0 Å². The Morgan fingerprint density at radius 3 is 2.45 bits per heavy atom. The molecule has 0 aromatic carbocycles. The van der Waals surface area contributed by atoms with Gasteiger partial charge in [0.05, 0.1) is 7.11 Å². The summed E-state index contributed by atoms with van der Waals surface area (Å²) < 4.78 is 5.17. The van der Waals surface area contributed by atoms with Gasteiger partial charge in [0.2, 0.25) is 5.88 Å². The van der Waals surface area contributed by atoms with Gasteiger partial charge >= 0.3 is 0 Å². The van der Waals surface area contributed by atoms with Crippen molar-refractivity contribution >= 4 is 0 Å². The first-order chi connectivity index (χ1) is 9.60. The second kappa shape index (κ2) is 6.51. The van der Waals surface area contributed by atoms with E-state index in [0.29, 0.717) is 17.7 Å². The minimum atomic E-state index is 0.344. The average Bonchev–Trinajstić information content (AvgIpc) is 2.47. The molecule has 20 heavy (non-hydrogen) atoms. The number of ether oxygens (including phenoxy) is 1. The second-order valence-corrected chi connectivity index (χ2v) is 5.46. The van der Waals surface area contributed by atoms with E-state index < -0.39 is 0 Å². The van der Waals surface area contributed by atoms with Gasteiger partial charge in [-0.2, -0.15) is 0 Å². The minimum absolute atomic E-state index is 0.344. The number of nitrogens with zero attached hydrogens (tertiary/aromatic N) is 2. The van der Waals surface area contributed by atoms with E-state index in [4.69, 9.17) is 4.74 Å². The molecule has 0 saturated heterocycles. The summed E-state index contributed by atoms with van der Waals surface area (Å²) in [6.45, 7) is 6.49. The summed E-state index contributed by atoms with van der Waals surface area (Å²) in [5.74, 6) is 1.49. The summed E-state index contributed by atoms with van der Waals surface area (Å²) in [7, 11) is 1.64. The molecule has 0 amide bonds. The quantitative estimate of drug-likeness (QED) is 0.825. The molecule has 2 heterocycles. The lowest BCUT2D eigenvalue weighted by Crippen LogP contribution is -2.03. The molecule has 0 bridgehead atoms. The van der Waals surface area contributed by atoms with Crippen LogP contribution in [-0.4, -0.2) is 17.1 Å². The van der Waals surface area contributed by atoms with Crippen molar-refractivity contribution in [3.63, 3.8) is 0 Å². The molecule has 0 saturated carbocycles. The summed E-state index contributed by atoms with van der Waals surface area (Å²) >= 11 is 0. The lowest BCUT2D eigenvalue weighted by atomic mass is 9.98. The van der Waals surface area contributed by atoms with Crippen LogP contribution in [0.3, 0.4) is 0 Å². The highest BCUT2D eigenvalue weighted by Crippen LogP contribution is 2.21. The highest BCUT2D eigenvalue weighted by Gasteiger charge is 2.10. The van der Waals surface area contributed by atoms with Gasteiger partial charge in [-0.3, -0.25) is 4.98 Å². The largest absolute Gasteiger partial charge is 0.481 e. The molecule has 0 spiro atoms. The van der Waals surface area contributed by atoms with Crippen molar-refractivity contribution in [2.24, 2.45) is 0 Å². The zero-order valence-electron chi connectivity index (χ0n) is 12.6. The molecule has 3 heteroatoms. The van der Waals surface area contributed by atoms with Crippen molar-refractivity contribution in [1.29, 1.82) is 0 Å². The topological polar surface area (TPSA) is 35.0 Å². The monoisotopic (exact) mass is 270 g/mol. The zero-order chi connectivity index (χ0) is 14.5. The molecule has 2 aromatic rings. The first-order valence-electron chi connectivity index (χ1n) is 7.06. The molecule has 0 N–H and O–H groups in total. The summed E-state index contributed by atoms with van der Waals surface area (Å²) in [4.78, 5) is 9.00. The maximum absolute atomic E-state index is 5.17. The van der Waals surface area contributed by atoms with Crippen LogP contribution in [0.4, 0.5) is 0 Å². The Morgan fingerprint density at radius 1 is 1.05 bits per heavy atom. The van der Waals surface area contributed by atoms with Gasteiger partial charge in [-0.25, -0.2) is 4.98 Å². The van der Waals surface area contributed by atoms with Crippen molar-refractivity contribution in [2.45, 2.75) is 39.0 Å². The van der Waals surface area contributed by atoms with E-state index in [0.717, 1.165) is 17.8 Å². The van der Waals surface area contributed by atoms with E-state index in [1.807, 2.05) is 24.4 Å². The van der Waals surface area contributed by atoms with E-state index in [2.05, 4.69) is 42.9 Å². The molecule has 0 radical (unpaired) electrons. The average molecular weight is 270 g/mol. The lowest BCUT2D eigenvalue weighted by molar-refractivity contribution is 0.395. The summed E-state index contributed by atoms with van der Waals surface area (Å²) in [6, 6.07) is 10.2. The number of hydrogen-bond donors (Lipinski definition) is 0. The standard InChI is InChI=1S/C17H22N2O/c1-12(2)15-9-8-14(11-18-15)10-13(3)16-6-5-7-17(19-16)20-4/h5-9,11-13H,10H2,1-4H3. The van der Waals surface area contributed by atoms with Crippen LogP contribution in [0.5, 0.6) is 5.88 Å². The molecule has 0 aliphatic rings. The van der Waals surface area contributed by atoms with E-state index in [9.17, 15) is 0 Å². The van der Waals surface area contributed by atoms with Gasteiger partial charge in [0.15, 0.2) is 0 Å². The van der Waals surface area contributed by atoms with Crippen molar-refractivity contribution in [1.82, 2.24) is 9.97 Å². The minimum Gasteiger partial charge on any atom is -0.481 e. The molecule has 106 valence electrons. The van der Waals surface area contributed by atoms with Gasteiger partial charge in [-0.15, -0.1) is 0 Å². The van der Waals surface area contributed by atoms with Gasteiger partial charge in [-0.05, 0) is 30.0 Å². The smallest absolute Gasteiger partial charge is 0.213 e. The normalized spacial score (nSPS) is 12.4. The highest BCUT2D eigenvalue weighted by molar-refractivity contribution is 5.22. The molecule has 3 nitrogen and oxygen atoms in total. The molecule has 0 aliphatic heterocycles. The van der Waals surface area contributed by atoms with Gasteiger partial charge < -0.3 is 4.74 Å². The maximum atomic E-state index is 5.17. The third kappa shape index (κ3) is 3.56. The van der Waals surface area contributed by atoms with Gasteiger partial charge in [0, 0.05) is 29.6 Å². The van der Waals surface area contributed by atoms with Gasteiger partial charge in [-0.1, -0.05) is 32.9 Å². The van der Waals surface area contributed by atoms with Gasteiger partial charge in [0.25, 0.3) is 0 Å². The van der Waals surface area contributed by atoms with Crippen LogP contribution < -0.4 is 4.74 Å². The van der Waals surface area contributed by atoms with Crippen LogP contribution in [-0.2, 0) is 6.42 Å². The Bertz CT molecular complexity index is 549. The summed E-state index contributed by atoms with van der Waals surface area (Å²) in [6.07, 6.45) is 2.91. The predicted octanol–water partition coefficient (Wildman–Crippen LogP) is 3.95. The SMILES string of the molecule is COc1cccc(C(C)Cc2ccc(C(C)C)nc2)n1. The number of methoxy groups -OCH3 is 1. The Labute approximate surface area is 121 Å². The molecular weight excluding hydrogens is 248 g/mol. The number of rotatable bonds is 5. The molecule has 0 fully saturated rings. The van der Waals surface area contributed by atoms with Crippen molar-refractivity contribution in [3.8, 4) is 5.88 Å². The predicted molar refractivity (Wildman–Crippen MR) is 81.2 cm³/mol. The number of hydrogen-bond acceptors (Lipinski definition) is 3. The first-order valence-corrected chi connectivity index (χ1v) is 7.06. The summed E-state index contributed by atoms with van der Waals surface area (Å²) in [5.41, 5.74) is 3.43. The zero-order valence-corrected chi connectivity index (χ0v) is 12.6. The van der Waals surface area contributed by atoms with Crippen LogP contribution in [0.2, 0.25) is 0 Å². The Kier molecular flexibility index (Phi) is 4.72. The molecule has 0 aliphatic carbocycles. The van der Waals surface area contributed by atoms with E-state index in [1.165, 1.54) is 5.56 Å². The van der Waals surface area contributed by atoms with Crippen molar-refractivity contribution in [3.05, 3.63) is 53.5 Å². The second-order valence-electron chi connectivity index (χ2n) is 5.46. The molecule has 1 unspecified atom stereocenters. The molecule has 1 atom stereocenters. The Balaban J connectivity index is 2.08. The van der Waals surface area contributed by atoms with E-state index >= 15 is 0 Å². The Morgan fingerprint density at radius 2 is 1.85 bits per heavy atom. The molecular formula is C17H22N2O. The van der Waals surface area contributed by atoms with Crippen LogP contribution in [0.15, 0.2) is 36.5 Å². The fourth-order valence-corrected chi connectivity index (χ4v) is 2.18. The number of aromatic nitrogens is 2. The van der Waals surface area contributed by atoms with E-state index in [1.54, 1.807) is 7.11 Å². The third-order valence-electron chi connectivity index (χ3n) is 3.44. The van der Waals surface area contributed by atoms with Crippen LogP contribution in [0.1, 0.15) is 49.6 Å². The highest BCUT2D eigenvalue weighted by atomic mass is 16.5. The Hall–Kier alpha value is -1.90. The van der Waals surface area contributed by atoms with Crippen LogP contribution in [0.25, 0.3) is 0 Å².